The van der Waals surface area contributed by atoms with Gasteiger partial charge in [0, 0.05) is 13.1 Å². The molecule has 7 nitrogen and oxygen atoms in total. The van der Waals surface area contributed by atoms with Crippen molar-refractivity contribution in [2.75, 3.05) is 13.7 Å². The molecule has 1 aliphatic rings. The van der Waals surface area contributed by atoms with Crippen LogP contribution in [0.15, 0.2) is 48.5 Å². The molecule has 0 radical (unpaired) electrons. The van der Waals surface area contributed by atoms with Crippen molar-refractivity contribution in [2.45, 2.75) is 25.7 Å². The number of carbonyl (C=O) groups is 2. The first-order valence-corrected chi connectivity index (χ1v) is 8.72. The van der Waals surface area contributed by atoms with Gasteiger partial charge in [0.2, 0.25) is 5.91 Å². The standard InChI is InChI=1S/C20H23N3O4/c1-26-17-8-6-16(7-9-17)12-23-18(13-27-20(23)25)19(24)22-11-15-4-2-14(10-21)3-5-15/h2-9,18H,10-13,21H2,1H3,(H,22,24)/t18-/m0/s1. The molecule has 0 saturated carbocycles. The highest BCUT2D eigenvalue weighted by molar-refractivity contribution is 5.87. The fraction of sp³-hybridized carbons (Fsp3) is 0.300. The normalized spacial score (nSPS) is 16.1. The number of nitrogens with two attached hydrogens (primary N) is 1. The van der Waals surface area contributed by atoms with Crippen LogP contribution in [0.1, 0.15) is 16.7 Å². The number of nitrogens with one attached hydrogen (secondary N) is 1. The molecule has 1 saturated heterocycles. The fourth-order valence-electron chi connectivity index (χ4n) is 2.87. The van der Waals surface area contributed by atoms with Gasteiger partial charge in [0.05, 0.1) is 13.7 Å². The summed E-state index contributed by atoms with van der Waals surface area (Å²) in [7, 11) is 1.59. The number of hydrogen-bond donors (Lipinski definition) is 2. The molecule has 0 unspecified atom stereocenters. The number of amides is 2. The van der Waals surface area contributed by atoms with E-state index < -0.39 is 12.1 Å². The molecule has 142 valence electrons. The fourth-order valence-corrected chi connectivity index (χ4v) is 2.87. The summed E-state index contributed by atoms with van der Waals surface area (Å²) < 4.78 is 10.2. The minimum absolute atomic E-state index is 0.0485. The molecule has 2 aromatic rings. The summed E-state index contributed by atoms with van der Waals surface area (Å²) >= 11 is 0. The second-order valence-corrected chi connectivity index (χ2v) is 6.31. The van der Waals surface area contributed by atoms with Crippen molar-refractivity contribution in [3.63, 3.8) is 0 Å². The van der Waals surface area contributed by atoms with Crippen molar-refractivity contribution in [2.24, 2.45) is 5.73 Å². The smallest absolute Gasteiger partial charge is 0.410 e. The second-order valence-electron chi connectivity index (χ2n) is 6.31. The van der Waals surface area contributed by atoms with E-state index >= 15 is 0 Å². The molecular formula is C20H23N3O4. The first-order chi connectivity index (χ1) is 13.1. The Bertz CT molecular complexity index is 790. The zero-order valence-corrected chi connectivity index (χ0v) is 15.2. The zero-order chi connectivity index (χ0) is 19.2. The van der Waals surface area contributed by atoms with Crippen LogP contribution in [-0.4, -0.2) is 36.7 Å². The van der Waals surface area contributed by atoms with Crippen LogP contribution in [-0.2, 0) is 29.2 Å². The molecular weight excluding hydrogens is 346 g/mol. The van der Waals surface area contributed by atoms with Crippen LogP contribution in [0.3, 0.4) is 0 Å². The highest BCUT2D eigenvalue weighted by Gasteiger charge is 2.37. The van der Waals surface area contributed by atoms with E-state index in [4.69, 9.17) is 15.2 Å². The molecule has 7 heteroatoms. The number of nitrogens with zero attached hydrogens (tertiary/aromatic N) is 1. The van der Waals surface area contributed by atoms with E-state index in [9.17, 15) is 9.59 Å². The van der Waals surface area contributed by atoms with Crippen molar-refractivity contribution in [1.29, 1.82) is 0 Å². The van der Waals surface area contributed by atoms with E-state index in [0.717, 1.165) is 22.4 Å². The molecule has 0 bridgehead atoms. The minimum Gasteiger partial charge on any atom is -0.497 e. The predicted molar refractivity (Wildman–Crippen MR) is 99.9 cm³/mol. The summed E-state index contributed by atoms with van der Waals surface area (Å²) in [4.78, 5) is 26.1. The lowest BCUT2D eigenvalue weighted by Gasteiger charge is -2.21. The van der Waals surface area contributed by atoms with Gasteiger partial charge in [-0.1, -0.05) is 36.4 Å². The Kier molecular flexibility index (Phi) is 5.93. The van der Waals surface area contributed by atoms with Crippen LogP contribution < -0.4 is 15.8 Å². The summed E-state index contributed by atoms with van der Waals surface area (Å²) in [6.45, 7) is 1.21. The Morgan fingerprint density at radius 2 is 1.78 bits per heavy atom. The minimum atomic E-state index is -0.650. The summed E-state index contributed by atoms with van der Waals surface area (Å²) in [5.74, 6) is 0.495. The number of hydrogen-bond acceptors (Lipinski definition) is 5. The number of ether oxygens (including phenoxy) is 2. The van der Waals surface area contributed by atoms with Crippen LogP contribution in [0.5, 0.6) is 5.75 Å². The summed E-state index contributed by atoms with van der Waals surface area (Å²) in [6.07, 6.45) is -0.488. The molecule has 1 fully saturated rings. The van der Waals surface area contributed by atoms with Gasteiger partial charge in [-0.2, -0.15) is 0 Å². The third-order valence-corrected chi connectivity index (χ3v) is 4.52. The van der Waals surface area contributed by atoms with Crippen LogP contribution in [0, 0.1) is 0 Å². The van der Waals surface area contributed by atoms with E-state index in [0.29, 0.717) is 19.6 Å². The van der Waals surface area contributed by atoms with E-state index in [-0.39, 0.29) is 12.5 Å². The Labute approximate surface area is 158 Å². The average Bonchev–Trinajstić information content (AvgIpc) is 3.07. The van der Waals surface area contributed by atoms with E-state index in [1.165, 1.54) is 4.90 Å². The molecule has 0 spiro atoms. The monoisotopic (exact) mass is 369 g/mol. The maximum absolute atomic E-state index is 12.6. The Balaban J connectivity index is 1.60. The van der Waals surface area contributed by atoms with Gasteiger partial charge in [-0.05, 0) is 28.8 Å². The Hall–Kier alpha value is -3.06. The number of methoxy groups -OCH3 is 1. The molecule has 2 aromatic carbocycles. The number of cyclic esters (lactones) is 1. The van der Waals surface area contributed by atoms with E-state index in [1.807, 2.05) is 48.5 Å². The number of benzene rings is 2. The van der Waals surface area contributed by atoms with Crippen molar-refractivity contribution in [3.05, 3.63) is 65.2 Å². The van der Waals surface area contributed by atoms with Crippen molar-refractivity contribution in [1.82, 2.24) is 10.2 Å². The largest absolute Gasteiger partial charge is 0.497 e. The molecule has 1 heterocycles. The molecule has 1 aliphatic heterocycles. The van der Waals surface area contributed by atoms with Crippen LogP contribution in [0.25, 0.3) is 0 Å². The lowest BCUT2D eigenvalue weighted by atomic mass is 10.1. The predicted octanol–water partition coefficient (Wildman–Crippen LogP) is 1.79. The third kappa shape index (κ3) is 4.57. The quantitative estimate of drug-likeness (QED) is 0.776. The van der Waals surface area contributed by atoms with Crippen LogP contribution in [0.4, 0.5) is 4.79 Å². The molecule has 2 amide bonds. The third-order valence-electron chi connectivity index (χ3n) is 4.52. The second kappa shape index (κ2) is 8.55. The van der Waals surface area contributed by atoms with Gasteiger partial charge in [-0.25, -0.2) is 4.79 Å². The maximum Gasteiger partial charge on any atom is 0.410 e. The van der Waals surface area contributed by atoms with Gasteiger partial charge in [0.25, 0.3) is 0 Å². The van der Waals surface area contributed by atoms with Gasteiger partial charge in [-0.3, -0.25) is 9.69 Å². The lowest BCUT2D eigenvalue weighted by Crippen LogP contribution is -2.45. The SMILES string of the molecule is COc1ccc(CN2C(=O)OC[C@H]2C(=O)NCc2ccc(CN)cc2)cc1. The maximum atomic E-state index is 12.6. The van der Waals surface area contributed by atoms with Gasteiger partial charge in [-0.15, -0.1) is 0 Å². The Morgan fingerprint density at radius 3 is 2.41 bits per heavy atom. The van der Waals surface area contributed by atoms with Gasteiger partial charge in [0.15, 0.2) is 0 Å². The molecule has 0 aliphatic carbocycles. The zero-order valence-electron chi connectivity index (χ0n) is 15.2. The van der Waals surface area contributed by atoms with Crippen molar-refractivity contribution in [3.8, 4) is 5.75 Å². The van der Waals surface area contributed by atoms with Gasteiger partial charge in [0.1, 0.15) is 18.4 Å². The van der Waals surface area contributed by atoms with Crippen LogP contribution >= 0.6 is 0 Å². The molecule has 0 aromatic heterocycles. The number of rotatable bonds is 7. The van der Waals surface area contributed by atoms with E-state index in [2.05, 4.69) is 5.32 Å². The summed E-state index contributed by atoms with van der Waals surface area (Å²) in [5.41, 5.74) is 8.48. The molecule has 3 N–H and O–H groups in total. The Morgan fingerprint density at radius 1 is 1.15 bits per heavy atom. The number of carbonyl (C=O) groups excluding carboxylic acids is 2. The molecule has 3 rings (SSSR count). The first-order valence-electron chi connectivity index (χ1n) is 8.72. The van der Waals surface area contributed by atoms with Gasteiger partial charge >= 0.3 is 6.09 Å². The summed E-state index contributed by atoms with van der Waals surface area (Å²) in [5, 5.41) is 2.87. The molecule has 1 atom stereocenters. The van der Waals surface area contributed by atoms with Crippen molar-refractivity contribution < 1.29 is 19.1 Å². The first kappa shape index (κ1) is 18.7. The van der Waals surface area contributed by atoms with Crippen LogP contribution in [0.2, 0.25) is 0 Å². The van der Waals surface area contributed by atoms with E-state index in [1.54, 1.807) is 7.11 Å². The topological polar surface area (TPSA) is 93.9 Å². The molecule has 27 heavy (non-hydrogen) atoms. The van der Waals surface area contributed by atoms with Gasteiger partial charge < -0.3 is 20.5 Å². The highest BCUT2D eigenvalue weighted by atomic mass is 16.6. The van der Waals surface area contributed by atoms with Crippen molar-refractivity contribution >= 4 is 12.0 Å². The average molecular weight is 369 g/mol. The lowest BCUT2D eigenvalue weighted by molar-refractivity contribution is -0.125. The summed E-state index contributed by atoms with van der Waals surface area (Å²) in [6, 6.07) is 14.4. The highest BCUT2D eigenvalue weighted by Crippen LogP contribution is 2.19.